The molecule has 0 aromatic carbocycles. The molecular weight excluding hydrogens is 291 g/mol. The summed E-state index contributed by atoms with van der Waals surface area (Å²) in [5.41, 5.74) is 0.616. The van der Waals surface area contributed by atoms with Crippen LogP contribution in [0.2, 0.25) is 0 Å². The van der Waals surface area contributed by atoms with E-state index in [-0.39, 0.29) is 0 Å². The third-order valence-corrected chi connectivity index (χ3v) is 4.22. The summed E-state index contributed by atoms with van der Waals surface area (Å²) in [6.07, 6.45) is 6.63. The van der Waals surface area contributed by atoms with Crippen molar-refractivity contribution < 1.29 is 17.9 Å². The minimum atomic E-state index is -3.67. The molecular formula is C17H36F3NO. The van der Waals surface area contributed by atoms with E-state index in [0.29, 0.717) is 5.41 Å². The Morgan fingerprint density at radius 2 is 1.32 bits per heavy atom. The molecule has 2 saturated heterocycles. The van der Waals surface area contributed by atoms with E-state index in [9.17, 15) is 13.2 Å². The highest BCUT2D eigenvalue weighted by Gasteiger charge is 2.29. The van der Waals surface area contributed by atoms with Crippen LogP contribution in [0.15, 0.2) is 0 Å². The van der Waals surface area contributed by atoms with Gasteiger partial charge in [-0.25, -0.2) is 0 Å². The van der Waals surface area contributed by atoms with Crippen molar-refractivity contribution in [3.8, 4) is 0 Å². The first-order chi connectivity index (χ1) is 10.4. The van der Waals surface area contributed by atoms with Gasteiger partial charge in [0, 0.05) is 13.2 Å². The molecule has 0 amide bonds. The molecule has 22 heavy (non-hydrogen) atoms. The van der Waals surface area contributed by atoms with Crippen LogP contribution in [0.25, 0.3) is 0 Å². The summed E-state index contributed by atoms with van der Waals surface area (Å²) in [7, 11) is 0. The van der Waals surface area contributed by atoms with Crippen molar-refractivity contribution in [1.82, 2.24) is 5.32 Å². The molecule has 0 spiro atoms. The lowest BCUT2D eigenvalue weighted by Gasteiger charge is -2.37. The van der Waals surface area contributed by atoms with Crippen LogP contribution in [0.4, 0.5) is 13.2 Å². The molecule has 5 heteroatoms. The van der Waals surface area contributed by atoms with Gasteiger partial charge in [-0.1, -0.05) is 34.6 Å². The molecule has 1 N–H and O–H groups in total. The maximum Gasteiger partial charge on any atom is 0.379 e. The minimum Gasteiger partial charge on any atom is -0.381 e. The molecule has 0 radical (unpaired) electrons. The summed E-state index contributed by atoms with van der Waals surface area (Å²) in [5.74, 6) is 0.842. The number of alkyl halides is 3. The van der Waals surface area contributed by atoms with Gasteiger partial charge in [0.25, 0.3) is 0 Å². The predicted octanol–water partition coefficient (Wildman–Crippen LogP) is 5.42. The highest BCUT2D eigenvalue weighted by molar-refractivity contribution is 4.82. The van der Waals surface area contributed by atoms with Crippen LogP contribution >= 0.6 is 0 Å². The summed E-state index contributed by atoms with van der Waals surface area (Å²) in [4.78, 5) is 0. The van der Waals surface area contributed by atoms with E-state index < -0.39 is 6.68 Å². The molecule has 0 aromatic rings. The van der Waals surface area contributed by atoms with E-state index in [4.69, 9.17) is 4.74 Å². The molecule has 0 atom stereocenters. The van der Waals surface area contributed by atoms with Crippen LogP contribution < -0.4 is 5.32 Å². The standard InChI is InChI=1S/C9H19N.C5H10O.C2H6.CHF3/c1-8(2)9(3)4-6-10-7-5-9;1-2-4-6-5-3-1;1-2;2-1(3)4/h8,10H,4-7H2,1-3H3;1-5H2;1-2H3;1H. The van der Waals surface area contributed by atoms with Crippen molar-refractivity contribution in [2.45, 2.75) is 73.4 Å². The smallest absolute Gasteiger partial charge is 0.379 e. The zero-order valence-electron chi connectivity index (χ0n) is 15.1. The number of halogens is 3. The Labute approximate surface area is 135 Å². The minimum absolute atomic E-state index is 0.616. The lowest BCUT2D eigenvalue weighted by Crippen LogP contribution is -2.37. The Balaban J connectivity index is 0. The third-order valence-electron chi connectivity index (χ3n) is 4.22. The van der Waals surface area contributed by atoms with Gasteiger partial charge < -0.3 is 10.1 Å². The molecule has 2 heterocycles. The van der Waals surface area contributed by atoms with Gasteiger partial charge in [0.05, 0.1) is 0 Å². The van der Waals surface area contributed by atoms with Gasteiger partial charge in [0.15, 0.2) is 0 Å². The van der Waals surface area contributed by atoms with Crippen LogP contribution in [-0.4, -0.2) is 33.0 Å². The number of ether oxygens (including phenoxy) is 1. The van der Waals surface area contributed by atoms with E-state index in [1.807, 2.05) is 13.8 Å². The molecule has 2 rings (SSSR count). The van der Waals surface area contributed by atoms with Gasteiger partial charge >= 0.3 is 6.68 Å². The highest BCUT2D eigenvalue weighted by Crippen LogP contribution is 2.35. The highest BCUT2D eigenvalue weighted by atomic mass is 19.4. The second-order valence-corrected chi connectivity index (χ2v) is 5.98. The molecule has 2 aliphatic rings. The van der Waals surface area contributed by atoms with E-state index >= 15 is 0 Å². The van der Waals surface area contributed by atoms with E-state index in [1.165, 1.54) is 45.2 Å². The lowest BCUT2D eigenvalue weighted by molar-refractivity contribution is 0.00819. The molecule has 0 aromatic heterocycles. The first-order valence-corrected chi connectivity index (χ1v) is 8.59. The lowest BCUT2D eigenvalue weighted by atomic mass is 9.72. The predicted molar refractivity (Wildman–Crippen MR) is 88.2 cm³/mol. The quantitative estimate of drug-likeness (QED) is 0.694. The van der Waals surface area contributed by atoms with Gasteiger partial charge in [0.1, 0.15) is 0 Å². The molecule has 2 fully saturated rings. The Bertz CT molecular complexity index is 202. The first-order valence-electron chi connectivity index (χ1n) is 8.59. The number of hydrogen-bond donors (Lipinski definition) is 1. The molecule has 0 unspecified atom stereocenters. The number of hydrogen-bond acceptors (Lipinski definition) is 2. The molecule has 2 aliphatic heterocycles. The normalized spacial score (nSPS) is 19.9. The number of nitrogens with one attached hydrogen (secondary N) is 1. The van der Waals surface area contributed by atoms with Crippen LogP contribution in [0.3, 0.4) is 0 Å². The fourth-order valence-corrected chi connectivity index (χ4v) is 2.26. The van der Waals surface area contributed by atoms with Gasteiger partial charge in [-0.2, -0.15) is 13.2 Å². The van der Waals surface area contributed by atoms with Crippen LogP contribution in [0.5, 0.6) is 0 Å². The van der Waals surface area contributed by atoms with E-state index in [1.54, 1.807) is 0 Å². The summed E-state index contributed by atoms with van der Waals surface area (Å²) in [6, 6.07) is 0. The first kappa shape index (κ1) is 24.0. The molecule has 136 valence electrons. The second-order valence-electron chi connectivity index (χ2n) is 5.98. The van der Waals surface area contributed by atoms with Crippen LogP contribution in [-0.2, 0) is 4.74 Å². The van der Waals surface area contributed by atoms with Crippen LogP contribution in [0.1, 0.15) is 66.7 Å². The van der Waals surface area contributed by atoms with Crippen molar-refractivity contribution in [3.05, 3.63) is 0 Å². The SMILES string of the molecule is C1CCOCC1.CC.CC(C)C1(C)CCNCC1.FC(F)F. The Morgan fingerprint density at radius 1 is 0.909 bits per heavy atom. The van der Waals surface area contributed by atoms with Gasteiger partial charge in [-0.3, -0.25) is 0 Å². The molecule has 0 aliphatic carbocycles. The molecule has 2 nitrogen and oxygen atoms in total. The summed E-state index contributed by atoms with van der Waals surface area (Å²) >= 11 is 0. The molecule has 0 saturated carbocycles. The largest absolute Gasteiger partial charge is 0.381 e. The monoisotopic (exact) mass is 327 g/mol. The fourth-order valence-electron chi connectivity index (χ4n) is 2.26. The zero-order valence-corrected chi connectivity index (χ0v) is 15.1. The van der Waals surface area contributed by atoms with Crippen molar-refractivity contribution >= 4 is 0 Å². The Kier molecular flexibility index (Phi) is 17.0. The van der Waals surface area contributed by atoms with Crippen molar-refractivity contribution in [1.29, 1.82) is 0 Å². The zero-order chi connectivity index (χ0) is 17.4. The Morgan fingerprint density at radius 3 is 1.50 bits per heavy atom. The number of rotatable bonds is 1. The summed E-state index contributed by atoms with van der Waals surface area (Å²) in [6.45, 7) is 11.9. The Hall–Kier alpha value is -0.290. The van der Waals surface area contributed by atoms with Gasteiger partial charge in [-0.15, -0.1) is 0 Å². The maximum absolute atomic E-state index is 9.67. The van der Waals surface area contributed by atoms with Crippen LogP contribution in [0, 0.1) is 11.3 Å². The van der Waals surface area contributed by atoms with Gasteiger partial charge in [-0.05, 0) is 56.5 Å². The maximum atomic E-state index is 9.67. The van der Waals surface area contributed by atoms with Gasteiger partial charge in [0.2, 0.25) is 0 Å². The fraction of sp³-hybridized carbons (Fsp3) is 1.00. The van der Waals surface area contributed by atoms with Crippen molar-refractivity contribution in [2.75, 3.05) is 26.3 Å². The summed E-state index contributed by atoms with van der Waals surface area (Å²) in [5, 5.41) is 3.39. The summed E-state index contributed by atoms with van der Waals surface area (Å²) < 4.78 is 34.1. The van der Waals surface area contributed by atoms with E-state index in [2.05, 4.69) is 26.1 Å². The second kappa shape index (κ2) is 15.6. The molecule has 0 bridgehead atoms. The third kappa shape index (κ3) is 14.6. The van der Waals surface area contributed by atoms with Crippen molar-refractivity contribution in [2.24, 2.45) is 11.3 Å². The average molecular weight is 327 g/mol. The average Bonchev–Trinajstić information content (AvgIpc) is 2.52. The van der Waals surface area contributed by atoms with E-state index in [0.717, 1.165) is 19.1 Å². The topological polar surface area (TPSA) is 21.3 Å². The van der Waals surface area contributed by atoms with Crippen molar-refractivity contribution in [3.63, 3.8) is 0 Å². The number of piperidine rings is 1.